The summed E-state index contributed by atoms with van der Waals surface area (Å²) in [6.45, 7) is 2.27. The van der Waals surface area contributed by atoms with Gasteiger partial charge in [-0.15, -0.1) is 0 Å². The highest BCUT2D eigenvalue weighted by molar-refractivity contribution is 7.51. The van der Waals surface area contributed by atoms with Crippen molar-refractivity contribution in [2.24, 2.45) is 0 Å². The van der Waals surface area contributed by atoms with Crippen molar-refractivity contribution in [1.82, 2.24) is 0 Å². The van der Waals surface area contributed by atoms with E-state index in [1.807, 2.05) is 21.1 Å². The van der Waals surface area contributed by atoms with E-state index in [0.717, 1.165) is 0 Å². The minimum absolute atomic E-state index is 0.278. The molecule has 0 saturated carbocycles. The van der Waals surface area contributed by atoms with Crippen LogP contribution in [0.15, 0.2) is 0 Å². The van der Waals surface area contributed by atoms with Gasteiger partial charge in [-0.3, -0.25) is 0 Å². The van der Waals surface area contributed by atoms with Crippen LogP contribution in [-0.2, 0) is 4.89 Å². The molecule has 0 heterocycles. The van der Waals surface area contributed by atoms with Crippen molar-refractivity contribution >= 4 is 13.3 Å². The highest BCUT2D eigenvalue weighted by atomic mass is 31.1. The molecule has 0 fully saturated rings. The molecule has 0 aromatic carbocycles. The molecule has 0 bridgehead atoms. The van der Waals surface area contributed by atoms with E-state index in [-0.39, 0.29) is 5.48 Å². The second kappa shape index (κ2) is 4.90. The van der Waals surface area contributed by atoms with Crippen LogP contribution in [0.4, 0.5) is 0 Å². The molecular formula is C7H17NO3P+. The molecular weight excluding hydrogens is 177 g/mol. The summed E-state index contributed by atoms with van der Waals surface area (Å²) in [4.78, 5) is 15.3. The third kappa shape index (κ3) is 4.80. The first-order chi connectivity index (χ1) is 5.40. The van der Waals surface area contributed by atoms with Gasteiger partial charge in [-0.1, -0.05) is 0 Å². The van der Waals surface area contributed by atoms with E-state index < -0.39 is 7.77 Å². The minimum atomic E-state index is -1.53. The lowest BCUT2D eigenvalue weighted by Gasteiger charge is -2.22. The predicted octanol–water partition coefficient (Wildman–Crippen LogP) is 0.0892. The van der Waals surface area contributed by atoms with Crippen molar-refractivity contribution in [3.05, 3.63) is 0 Å². The quantitative estimate of drug-likeness (QED) is 0.298. The molecule has 0 aliphatic heterocycles. The summed E-state index contributed by atoms with van der Waals surface area (Å²) in [6, 6.07) is 0. The predicted molar refractivity (Wildman–Crippen MR) is 49.1 cm³/mol. The Kier molecular flexibility index (Phi) is 4.90. The van der Waals surface area contributed by atoms with Gasteiger partial charge in [0.1, 0.15) is 6.16 Å². The Balaban J connectivity index is 4.38. The second-order valence-electron chi connectivity index (χ2n) is 3.63. The fourth-order valence-corrected chi connectivity index (χ4v) is 1.76. The number of nitrogens with zero attached hydrogens (tertiary/aromatic N) is 1. The molecule has 0 saturated heterocycles. The van der Waals surface area contributed by atoms with Crippen molar-refractivity contribution in [3.63, 3.8) is 0 Å². The minimum Gasteiger partial charge on any atom is -0.628 e. The Morgan fingerprint density at radius 3 is 2.25 bits per heavy atom. The Morgan fingerprint density at radius 2 is 2.00 bits per heavy atom. The summed E-state index contributed by atoms with van der Waals surface area (Å²) in [5.74, 6) is 0. The van der Waals surface area contributed by atoms with E-state index in [4.69, 9.17) is 5.26 Å². The fourth-order valence-electron chi connectivity index (χ4n) is 0.735. The normalized spacial score (nSPS) is 14.5. The van der Waals surface area contributed by atoms with Crippen molar-refractivity contribution in [1.29, 1.82) is 0 Å². The lowest BCUT2D eigenvalue weighted by molar-refractivity contribution is -0.861. The van der Waals surface area contributed by atoms with Crippen molar-refractivity contribution in [3.8, 4) is 0 Å². The summed E-state index contributed by atoms with van der Waals surface area (Å²) < 4.78 is 0.594. The number of hydrogen-bond acceptors (Lipinski definition) is 3. The molecule has 0 radical (unpaired) electrons. The summed E-state index contributed by atoms with van der Waals surface area (Å²) in [6.07, 6.45) is 0.505. The van der Waals surface area contributed by atoms with Crippen LogP contribution >= 0.6 is 7.77 Å². The van der Waals surface area contributed by atoms with E-state index in [1.54, 1.807) is 6.92 Å². The van der Waals surface area contributed by atoms with Crippen LogP contribution in [-0.4, -0.2) is 49.1 Å². The summed E-state index contributed by atoms with van der Waals surface area (Å²) in [5.41, 5.74) is 0.278. The first-order valence-corrected chi connectivity index (χ1v) is 5.27. The third-order valence-corrected chi connectivity index (χ3v) is 2.63. The molecule has 0 aliphatic carbocycles. The van der Waals surface area contributed by atoms with Gasteiger partial charge in [0.25, 0.3) is 0 Å². The van der Waals surface area contributed by atoms with Crippen molar-refractivity contribution < 1.29 is 19.5 Å². The molecule has 72 valence electrons. The summed E-state index contributed by atoms with van der Waals surface area (Å²) in [5, 5.41) is 8.46. The van der Waals surface area contributed by atoms with Crippen LogP contribution in [0.5, 0.6) is 0 Å². The highest BCUT2D eigenvalue weighted by Crippen LogP contribution is 2.14. The maximum Gasteiger partial charge on any atom is 0.304 e. The van der Waals surface area contributed by atoms with Crippen molar-refractivity contribution in [2.75, 3.05) is 33.8 Å². The monoisotopic (exact) mass is 194 g/mol. The molecule has 1 N–H and O–H groups in total. The lowest BCUT2D eigenvalue weighted by Crippen LogP contribution is -2.40. The maximum atomic E-state index is 11.2. The van der Waals surface area contributed by atoms with Gasteiger partial charge in [-0.2, -0.15) is 4.89 Å². The van der Waals surface area contributed by atoms with Crippen LogP contribution in [0.1, 0.15) is 6.92 Å². The van der Waals surface area contributed by atoms with Gasteiger partial charge in [0.05, 0.1) is 28.9 Å². The Morgan fingerprint density at radius 1 is 1.50 bits per heavy atom. The van der Waals surface area contributed by atoms with Gasteiger partial charge >= 0.3 is 5.48 Å². The Hall–Kier alpha value is 0.0100. The van der Waals surface area contributed by atoms with Crippen LogP contribution in [0, 0.1) is 0 Å². The molecule has 5 heteroatoms. The Bertz CT molecular complexity index is 174. The summed E-state index contributed by atoms with van der Waals surface area (Å²) in [7, 11) is 4.30. The molecule has 12 heavy (non-hydrogen) atoms. The van der Waals surface area contributed by atoms with E-state index in [0.29, 0.717) is 17.2 Å². The van der Waals surface area contributed by atoms with Crippen LogP contribution in [0.2, 0.25) is 0 Å². The zero-order valence-corrected chi connectivity index (χ0v) is 8.97. The molecule has 0 rings (SSSR count). The van der Waals surface area contributed by atoms with Gasteiger partial charge < -0.3 is 9.38 Å². The number of rotatable bonds is 4. The first-order valence-electron chi connectivity index (χ1n) is 3.83. The maximum absolute atomic E-state index is 11.2. The topological polar surface area (TPSA) is 52.5 Å². The van der Waals surface area contributed by atoms with Gasteiger partial charge in [-0.25, -0.2) is 5.26 Å². The Labute approximate surface area is 74.4 Å². The number of hydrogen-bond donors (Lipinski definition) is 1. The smallest absolute Gasteiger partial charge is 0.304 e. The standard InChI is InChI=1S/C7H16NO3P/c1-5-12(10)7(11-9)6-8(2,3)4/h5-6H2,1-4H3/p+1. The van der Waals surface area contributed by atoms with Crippen LogP contribution < -0.4 is 4.89 Å². The van der Waals surface area contributed by atoms with E-state index in [9.17, 15) is 4.89 Å². The molecule has 0 amide bonds. The second-order valence-corrected chi connectivity index (χ2v) is 5.52. The number of likely N-dealkylation sites (N-methyl/N-ethyl adjacent to an activating group) is 1. The first kappa shape index (κ1) is 12.0. The molecule has 0 aromatic rings. The molecule has 0 aromatic heterocycles. The van der Waals surface area contributed by atoms with E-state index >= 15 is 0 Å². The average molecular weight is 194 g/mol. The fraction of sp³-hybridized carbons (Fsp3) is 0.857. The zero-order chi connectivity index (χ0) is 9.78. The summed E-state index contributed by atoms with van der Waals surface area (Å²) >= 11 is 0. The largest absolute Gasteiger partial charge is 0.628 e. The third-order valence-electron chi connectivity index (χ3n) is 1.28. The van der Waals surface area contributed by atoms with Gasteiger partial charge in [0.15, 0.2) is 6.54 Å². The lowest BCUT2D eigenvalue weighted by atomic mass is 10.5. The molecule has 4 nitrogen and oxygen atoms in total. The van der Waals surface area contributed by atoms with Gasteiger partial charge in [0.2, 0.25) is 0 Å². The van der Waals surface area contributed by atoms with Crippen molar-refractivity contribution in [2.45, 2.75) is 6.92 Å². The average Bonchev–Trinajstić information content (AvgIpc) is 1.97. The SMILES string of the molecule is CC[P+]([O-])=C(C[N+](C)(C)C)OO. The molecule has 1 atom stereocenters. The molecule has 1 unspecified atom stereocenters. The molecule has 0 aliphatic rings. The van der Waals surface area contributed by atoms with Gasteiger partial charge in [-0.05, 0) is 6.92 Å². The van der Waals surface area contributed by atoms with Crippen LogP contribution in [0.25, 0.3) is 0 Å². The zero-order valence-electron chi connectivity index (χ0n) is 8.07. The van der Waals surface area contributed by atoms with Gasteiger partial charge in [0, 0.05) is 0 Å². The number of quaternary nitrogens is 1. The molecule has 0 spiro atoms. The van der Waals surface area contributed by atoms with E-state index in [2.05, 4.69) is 4.89 Å². The highest BCUT2D eigenvalue weighted by Gasteiger charge is 2.19. The van der Waals surface area contributed by atoms with Crippen LogP contribution in [0.3, 0.4) is 0 Å². The van der Waals surface area contributed by atoms with E-state index in [1.165, 1.54) is 0 Å².